The van der Waals surface area contributed by atoms with E-state index in [2.05, 4.69) is 4.98 Å². The van der Waals surface area contributed by atoms with Crippen LogP contribution < -0.4 is 4.74 Å². The van der Waals surface area contributed by atoms with Crippen LogP contribution in [-0.2, 0) is 12.8 Å². The highest BCUT2D eigenvalue weighted by atomic mass is 35.5. The van der Waals surface area contributed by atoms with Gasteiger partial charge in [0.2, 0.25) is 5.88 Å². The Hall–Kier alpha value is -2.57. The second-order valence-electron chi connectivity index (χ2n) is 6.59. The second kappa shape index (κ2) is 8.84. The largest absolute Gasteiger partial charge is 0.416 e. The molecule has 0 saturated carbocycles. The number of halogens is 2. The minimum absolute atomic E-state index is 0. The van der Waals surface area contributed by atoms with Crippen molar-refractivity contribution in [3.63, 3.8) is 0 Å². The molecule has 1 amide bonds. The first kappa shape index (κ1) is 21.1. The van der Waals surface area contributed by atoms with Crippen LogP contribution in [-0.4, -0.2) is 38.8 Å². The topological polar surface area (TPSA) is 60.3 Å². The number of fused-ring (bicyclic) bond motifs is 3. The Morgan fingerprint density at radius 3 is 2.72 bits per heavy atom. The van der Waals surface area contributed by atoms with Crippen molar-refractivity contribution in [3.05, 3.63) is 59.0 Å². The number of pyridine rings is 1. The lowest BCUT2D eigenvalue weighted by Crippen LogP contribution is -2.33. The molecule has 6 nitrogen and oxygen atoms in total. The van der Waals surface area contributed by atoms with Gasteiger partial charge in [0, 0.05) is 24.3 Å². The Balaban J connectivity index is 0.00000240. The highest BCUT2D eigenvalue weighted by molar-refractivity contribution is 6.30. The molecule has 0 saturated heterocycles. The molecular weight excluding hydrogens is 411 g/mol. The maximum Gasteiger partial charge on any atom is 0.416 e. The van der Waals surface area contributed by atoms with Gasteiger partial charge in [-0.3, -0.25) is 4.98 Å². The molecule has 0 atom stereocenters. The molecule has 29 heavy (non-hydrogen) atoms. The van der Waals surface area contributed by atoms with Gasteiger partial charge in [0.15, 0.2) is 0 Å². The van der Waals surface area contributed by atoms with E-state index in [1.54, 1.807) is 22.0 Å². The zero-order valence-electron chi connectivity index (χ0n) is 16.3. The zero-order chi connectivity index (χ0) is 19.7. The number of hydrogen-bond donors (Lipinski definition) is 0. The molecule has 1 aliphatic rings. The van der Waals surface area contributed by atoms with Crippen LogP contribution in [0, 0.1) is 0 Å². The molecule has 0 radical (unpaired) electrons. The van der Waals surface area contributed by atoms with Crippen LogP contribution in [0.4, 0.5) is 4.79 Å². The number of aromatic nitrogens is 3. The normalized spacial score (nSPS) is 11.8. The summed E-state index contributed by atoms with van der Waals surface area (Å²) in [5.74, 6) is 0.420. The lowest BCUT2D eigenvalue weighted by molar-refractivity contribution is 0.154. The van der Waals surface area contributed by atoms with Crippen LogP contribution in [0.5, 0.6) is 5.88 Å². The van der Waals surface area contributed by atoms with E-state index in [1.807, 2.05) is 44.2 Å². The molecule has 8 heteroatoms. The number of nitrogens with zero attached hydrogens (tertiary/aromatic N) is 4. The maximum absolute atomic E-state index is 12.7. The third kappa shape index (κ3) is 3.95. The Labute approximate surface area is 180 Å². The van der Waals surface area contributed by atoms with E-state index in [0.29, 0.717) is 24.0 Å². The molecule has 0 spiro atoms. The summed E-state index contributed by atoms with van der Waals surface area (Å²) in [6.07, 6.45) is 4.61. The SMILES string of the molecule is CCN(CC)C(=O)Oc1c2c(nn1-c1cccnc1)CCc1cc(Cl)ccc1-2.Cl. The highest BCUT2D eigenvalue weighted by Crippen LogP contribution is 2.42. The molecule has 1 aliphatic carbocycles. The number of hydrogen-bond acceptors (Lipinski definition) is 4. The van der Waals surface area contributed by atoms with Crippen molar-refractivity contribution in [2.75, 3.05) is 13.1 Å². The molecule has 0 fully saturated rings. The van der Waals surface area contributed by atoms with Gasteiger partial charge in [-0.05, 0) is 62.1 Å². The summed E-state index contributed by atoms with van der Waals surface area (Å²) >= 11 is 6.19. The molecule has 0 unspecified atom stereocenters. The van der Waals surface area contributed by atoms with Crippen molar-refractivity contribution in [1.82, 2.24) is 19.7 Å². The fraction of sp³-hybridized carbons (Fsp3) is 0.286. The van der Waals surface area contributed by atoms with Gasteiger partial charge in [0.05, 0.1) is 23.1 Å². The van der Waals surface area contributed by atoms with Crippen molar-refractivity contribution in [3.8, 4) is 22.7 Å². The summed E-state index contributed by atoms with van der Waals surface area (Å²) in [7, 11) is 0. The van der Waals surface area contributed by atoms with E-state index in [1.165, 1.54) is 0 Å². The summed E-state index contributed by atoms with van der Waals surface area (Å²) in [5, 5.41) is 5.45. The predicted molar refractivity (Wildman–Crippen MR) is 115 cm³/mol. The number of rotatable bonds is 4. The van der Waals surface area contributed by atoms with Gasteiger partial charge in [-0.1, -0.05) is 17.7 Å². The molecule has 3 aromatic rings. The van der Waals surface area contributed by atoms with Gasteiger partial charge in [-0.2, -0.15) is 9.78 Å². The van der Waals surface area contributed by atoms with Crippen LogP contribution in [0.25, 0.3) is 16.8 Å². The minimum atomic E-state index is -0.390. The van der Waals surface area contributed by atoms with Crippen molar-refractivity contribution in [2.24, 2.45) is 0 Å². The maximum atomic E-state index is 12.7. The van der Waals surface area contributed by atoms with Gasteiger partial charge >= 0.3 is 6.09 Å². The standard InChI is InChI=1S/C21H21ClN4O2.ClH/c1-3-25(4-2)21(27)28-20-19-17-9-8-15(22)12-14(17)7-10-18(19)24-26(20)16-6-5-11-23-13-16;/h5-6,8-9,11-13H,3-4,7,10H2,1-2H3;1H. The van der Waals surface area contributed by atoms with Gasteiger partial charge in [0.25, 0.3) is 0 Å². The van der Waals surface area contributed by atoms with Crippen LogP contribution in [0.2, 0.25) is 5.02 Å². The zero-order valence-corrected chi connectivity index (χ0v) is 17.8. The average Bonchev–Trinajstić information content (AvgIpc) is 3.08. The second-order valence-corrected chi connectivity index (χ2v) is 7.03. The average molecular weight is 433 g/mol. The highest BCUT2D eigenvalue weighted by Gasteiger charge is 2.29. The first-order chi connectivity index (χ1) is 13.6. The minimum Gasteiger partial charge on any atom is -0.390 e. The third-order valence-electron chi connectivity index (χ3n) is 4.98. The summed E-state index contributed by atoms with van der Waals surface area (Å²) in [4.78, 5) is 18.6. The van der Waals surface area contributed by atoms with Crippen LogP contribution in [0.1, 0.15) is 25.1 Å². The van der Waals surface area contributed by atoms with Crippen LogP contribution >= 0.6 is 24.0 Å². The number of carbonyl (C=O) groups is 1. The van der Waals surface area contributed by atoms with Crippen molar-refractivity contribution >= 4 is 30.1 Å². The van der Waals surface area contributed by atoms with Crippen molar-refractivity contribution < 1.29 is 9.53 Å². The molecule has 1 aromatic carbocycles. The van der Waals surface area contributed by atoms with E-state index in [9.17, 15) is 4.79 Å². The lowest BCUT2D eigenvalue weighted by Gasteiger charge is -2.20. The summed E-state index contributed by atoms with van der Waals surface area (Å²) in [6.45, 7) is 5.00. The summed E-state index contributed by atoms with van der Waals surface area (Å²) in [6, 6.07) is 9.52. The first-order valence-corrected chi connectivity index (χ1v) is 9.78. The molecule has 0 aliphatic heterocycles. The summed E-state index contributed by atoms with van der Waals surface area (Å²) < 4.78 is 7.57. The smallest absolute Gasteiger partial charge is 0.390 e. The van der Waals surface area contributed by atoms with Crippen molar-refractivity contribution in [2.45, 2.75) is 26.7 Å². The van der Waals surface area contributed by atoms with E-state index < -0.39 is 0 Å². The fourth-order valence-electron chi connectivity index (χ4n) is 3.53. The van der Waals surface area contributed by atoms with Crippen LogP contribution in [0.15, 0.2) is 42.7 Å². The van der Waals surface area contributed by atoms with Gasteiger partial charge in [-0.25, -0.2) is 4.79 Å². The molecule has 0 N–H and O–H groups in total. The number of aryl methyl sites for hydroxylation is 2. The van der Waals surface area contributed by atoms with Crippen LogP contribution in [0.3, 0.4) is 0 Å². The van der Waals surface area contributed by atoms with E-state index in [-0.39, 0.29) is 18.5 Å². The monoisotopic (exact) mass is 432 g/mol. The van der Waals surface area contributed by atoms with E-state index >= 15 is 0 Å². The number of ether oxygens (including phenoxy) is 1. The number of amides is 1. The van der Waals surface area contributed by atoms with E-state index in [4.69, 9.17) is 21.4 Å². The molecular formula is C21H22Cl2N4O2. The molecule has 0 bridgehead atoms. The number of benzene rings is 1. The molecule has 2 aromatic heterocycles. The van der Waals surface area contributed by atoms with Crippen molar-refractivity contribution in [1.29, 1.82) is 0 Å². The fourth-order valence-corrected chi connectivity index (χ4v) is 3.73. The van der Waals surface area contributed by atoms with Gasteiger partial charge in [0.1, 0.15) is 0 Å². The number of carbonyl (C=O) groups excluding carboxylic acids is 1. The first-order valence-electron chi connectivity index (χ1n) is 9.40. The summed E-state index contributed by atoms with van der Waals surface area (Å²) in [5.41, 5.74) is 4.63. The molecule has 152 valence electrons. The van der Waals surface area contributed by atoms with E-state index in [0.717, 1.165) is 40.9 Å². The van der Waals surface area contributed by atoms with Gasteiger partial charge < -0.3 is 9.64 Å². The van der Waals surface area contributed by atoms with Gasteiger partial charge in [-0.15, -0.1) is 12.4 Å². The Morgan fingerprint density at radius 1 is 1.24 bits per heavy atom. The Bertz CT molecular complexity index is 1020. The Morgan fingerprint density at radius 2 is 2.03 bits per heavy atom. The Kier molecular flexibility index (Phi) is 6.45. The molecule has 2 heterocycles. The lowest BCUT2D eigenvalue weighted by atomic mass is 9.90. The molecule has 4 rings (SSSR count). The third-order valence-corrected chi connectivity index (χ3v) is 5.21. The predicted octanol–water partition coefficient (Wildman–Crippen LogP) is 4.95. The quantitative estimate of drug-likeness (QED) is 0.584.